The van der Waals surface area contributed by atoms with E-state index in [4.69, 9.17) is 0 Å². The van der Waals surface area contributed by atoms with Crippen LogP contribution in [0.15, 0.2) is 28.7 Å². The monoisotopic (exact) mass is 278 g/mol. The van der Waals surface area contributed by atoms with E-state index < -0.39 is 6.10 Å². The normalized spacial score (nSPS) is 13.0. The molecule has 0 fully saturated rings. The fraction of sp³-hybridized carbons (Fsp3) is 0.250. The van der Waals surface area contributed by atoms with Gasteiger partial charge in [-0.25, -0.2) is 0 Å². The molecule has 60 valence electrons. The Morgan fingerprint density at radius 2 is 2.00 bits per heavy atom. The SMILES string of the molecule is O[C@H](CBr)c1ccccc1Br. The summed E-state index contributed by atoms with van der Waals surface area (Å²) in [5, 5.41) is 10.00. The first-order chi connectivity index (χ1) is 5.25. The van der Waals surface area contributed by atoms with Gasteiger partial charge in [-0.1, -0.05) is 50.1 Å². The minimum atomic E-state index is -0.425. The summed E-state index contributed by atoms with van der Waals surface area (Å²) >= 11 is 6.57. The maximum atomic E-state index is 9.43. The minimum absolute atomic E-state index is 0.425. The third-order valence-corrected chi connectivity index (χ3v) is 2.75. The van der Waals surface area contributed by atoms with E-state index in [2.05, 4.69) is 31.9 Å². The number of hydrogen-bond acceptors (Lipinski definition) is 1. The molecular weight excluding hydrogens is 272 g/mol. The summed E-state index contributed by atoms with van der Waals surface area (Å²) in [6.45, 7) is 0. The van der Waals surface area contributed by atoms with E-state index >= 15 is 0 Å². The highest BCUT2D eigenvalue weighted by atomic mass is 79.9. The van der Waals surface area contributed by atoms with Crippen LogP contribution >= 0.6 is 31.9 Å². The molecule has 3 heteroatoms. The van der Waals surface area contributed by atoms with Crippen molar-refractivity contribution in [1.82, 2.24) is 0 Å². The molecule has 11 heavy (non-hydrogen) atoms. The third-order valence-electron chi connectivity index (χ3n) is 1.41. The van der Waals surface area contributed by atoms with Crippen molar-refractivity contribution >= 4 is 31.9 Å². The number of hydrogen-bond donors (Lipinski definition) is 1. The Hall–Kier alpha value is 0.140. The number of halogens is 2. The first kappa shape index (κ1) is 9.23. The van der Waals surface area contributed by atoms with Gasteiger partial charge in [-0.2, -0.15) is 0 Å². The van der Waals surface area contributed by atoms with Crippen molar-refractivity contribution in [3.8, 4) is 0 Å². The third kappa shape index (κ3) is 2.29. The number of rotatable bonds is 2. The number of aliphatic hydroxyl groups excluding tert-OH is 1. The van der Waals surface area contributed by atoms with E-state index in [-0.39, 0.29) is 0 Å². The maximum Gasteiger partial charge on any atom is 0.0897 e. The molecule has 0 spiro atoms. The van der Waals surface area contributed by atoms with E-state index in [1.807, 2.05) is 24.3 Å². The number of benzene rings is 1. The van der Waals surface area contributed by atoms with E-state index in [1.165, 1.54) is 0 Å². The molecule has 1 aromatic carbocycles. The fourth-order valence-electron chi connectivity index (χ4n) is 0.828. The van der Waals surface area contributed by atoms with E-state index in [0.29, 0.717) is 5.33 Å². The molecule has 0 bridgehead atoms. The fourth-order valence-corrected chi connectivity index (χ4v) is 1.73. The molecule has 0 saturated carbocycles. The Morgan fingerprint density at radius 1 is 1.36 bits per heavy atom. The molecule has 1 N–H and O–H groups in total. The predicted octanol–water partition coefficient (Wildman–Crippen LogP) is 2.88. The lowest BCUT2D eigenvalue weighted by molar-refractivity contribution is 0.204. The molecule has 0 amide bonds. The zero-order valence-corrected chi connectivity index (χ0v) is 8.97. The molecule has 0 radical (unpaired) electrons. The molecule has 0 unspecified atom stereocenters. The van der Waals surface area contributed by atoms with Gasteiger partial charge in [0.15, 0.2) is 0 Å². The predicted molar refractivity (Wildman–Crippen MR) is 52.9 cm³/mol. The van der Waals surface area contributed by atoms with Crippen molar-refractivity contribution in [2.45, 2.75) is 6.10 Å². The second kappa shape index (κ2) is 4.24. The summed E-state index contributed by atoms with van der Waals surface area (Å²) in [4.78, 5) is 0. The van der Waals surface area contributed by atoms with Crippen molar-refractivity contribution in [1.29, 1.82) is 0 Å². The second-order valence-corrected chi connectivity index (χ2v) is 3.69. The molecule has 0 aromatic heterocycles. The molecule has 1 rings (SSSR count). The van der Waals surface area contributed by atoms with Crippen LogP contribution in [0.3, 0.4) is 0 Å². The van der Waals surface area contributed by atoms with Crippen LogP contribution in [0.2, 0.25) is 0 Å². The summed E-state index contributed by atoms with van der Waals surface area (Å²) < 4.78 is 0.951. The van der Waals surface area contributed by atoms with Gasteiger partial charge in [0.05, 0.1) is 6.10 Å². The lowest BCUT2D eigenvalue weighted by atomic mass is 10.1. The zero-order valence-electron chi connectivity index (χ0n) is 5.80. The Balaban J connectivity index is 2.93. The molecule has 1 nitrogen and oxygen atoms in total. The Morgan fingerprint density at radius 3 is 2.55 bits per heavy atom. The van der Waals surface area contributed by atoms with Crippen LogP contribution in [0, 0.1) is 0 Å². The molecule has 0 aliphatic rings. The summed E-state index contributed by atoms with van der Waals surface area (Å²) in [6.07, 6.45) is -0.425. The van der Waals surface area contributed by atoms with Crippen LogP contribution in [0.5, 0.6) is 0 Å². The molecular formula is C8H8Br2O. The topological polar surface area (TPSA) is 20.2 Å². The van der Waals surface area contributed by atoms with Crippen molar-refractivity contribution in [2.75, 3.05) is 5.33 Å². The Kier molecular flexibility index (Phi) is 3.55. The molecule has 0 aliphatic heterocycles. The number of alkyl halides is 1. The average Bonchev–Trinajstić information content (AvgIpc) is 2.04. The van der Waals surface area contributed by atoms with Crippen molar-refractivity contribution < 1.29 is 5.11 Å². The summed E-state index contributed by atoms with van der Waals surface area (Å²) in [6, 6.07) is 7.65. The molecule has 1 aromatic rings. The molecule has 0 aliphatic carbocycles. The highest BCUT2D eigenvalue weighted by molar-refractivity contribution is 9.10. The van der Waals surface area contributed by atoms with E-state index in [0.717, 1.165) is 10.0 Å². The van der Waals surface area contributed by atoms with Gasteiger partial charge >= 0.3 is 0 Å². The quantitative estimate of drug-likeness (QED) is 0.826. The van der Waals surface area contributed by atoms with Gasteiger partial charge in [0.2, 0.25) is 0 Å². The highest BCUT2D eigenvalue weighted by Gasteiger charge is 2.07. The standard InChI is InChI=1S/C8H8Br2O/c9-5-8(11)6-3-1-2-4-7(6)10/h1-4,8,11H,5H2/t8-/m1/s1. The molecule has 1 atom stereocenters. The van der Waals surface area contributed by atoms with Crippen LogP contribution in [0.1, 0.15) is 11.7 Å². The summed E-state index contributed by atoms with van der Waals surface area (Å²) in [7, 11) is 0. The minimum Gasteiger partial charge on any atom is -0.388 e. The van der Waals surface area contributed by atoms with Gasteiger partial charge in [-0.3, -0.25) is 0 Å². The first-order valence-corrected chi connectivity index (χ1v) is 5.15. The summed E-state index contributed by atoms with van der Waals surface area (Å²) in [5.41, 5.74) is 0.921. The van der Waals surface area contributed by atoms with E-state index in [9.17, 15) is 5.11 Å². The Labute approximate surface area is 82.7 Å². The van der Waals surface area contributed by atoms with Crippen LogP contribution in [0.4, 0.5) is 0 Å². The Bertz CT molecular complexity index is 237. The second-order valence-electron chi connectivity index (χ2n) is 2.19. The number of aliphatic hydroxyl groups is 1. The lowest BCUT2D eigenvalue weighted by Gasteiger charge is -2.08. The van der Waals surface area contributed by atoms with Gasteiger partial charge in [0.1, 0.15) is 0 Å². The largest absolute Gasteiger partial charge is 0.388 e. The maximum absolute atomic E-state index is 9.43. The van der Waals surface area contributed by atoms with Gasteiger partial charge in [0.25, 0.3) is 0 Å². The zero-order chi connectivity index (χ0) is 8.27. The van der Waals surface area contributed by atoms with Gasteiger partial charge < -0.3 is 5.11 Å². The van der Waals surface area contributed by atoms with Crippen LogP contribution < -0.4 is 0 Å². The molecule has 0 saturated heterocycles. The van der Waals surface area contributed by atoms with Crippen molar-refractivity contribution in [3.05, 3.63) is 34.3 Å². The van der Waals surface area contributed by atoms with E-state index in [1.54, 1.807) is 0 Å². The smallest absolute Gasteiger partial charge is 0.0897 e. The van der Waals surface area contributed by atoms with Gasteiger partial charge in [0, 0.05) is 9.80 Å². The van der Waals surface area contributed by atoms with Crippen molar-refractivity contribution in [2.24, 2.45) is 0 Å². The molecule has 0 heterocycles. The van der Waals surface area contributed by atoms with Crippen LogP contribution in [-0.4, -0.2) is 10.4 Å². The summed E-state index contributed by atoms with van der Waals surface area (Å²) in [5.74, 6) is 0. The van der Waals surface area contributed by atoms with Crippen molar-refractivity contribution in [3.63, 3.8) is 0 Å². The van der Waals surface area contributed by atoms with Crippen LogP contribution in [0.25, 0.3) is 0 Å². The van der Waals surface area contributed by atoms with Gasteiger partial charge in [-0.05, 0) is 11.6 Å². The first-order valence-electron chi connectivity index (χ1n) is 3.24. The highest BCUT2D eigenvalue weighted by Crippen LogP contribution is 2.23. The lowest BCUT2D eigenvalue weighted by Crippen LogP contribution is -1.98. The average molecular weight is 280 g/mol. The van der Waals surface area contributed by atoms with Crippen LogP contribution in [-0.2, 0) is 0 Å². The van der Waals surface area contributed by atoms with Gasteiger partial charge in [-0.15, -0.1) is 0 Å².